The first-order valence-electron chi connectivity index (χ1n) is 10.9. The normalized spacial score (nSPS) is 12.8. The molecule has 0 saturated carbocycles. The second kappa shape index (κ2) is 12.1. The van der Waals surface area contributed by atoms with E-state index in [-0.39, 0.29) is 18.0 Å². The van der Waals surface area contributed by atoms with E-state index in [4.69, 9.17) is 14.6 Å². The summed E-state index contributed by atoms with van der Waals surface area (Å²) in [6.45, 7) is 5.92. The third kappa shape index (κ3) is 6.99. The summed E-state index contributed by atoms with van der Waals surface area (Å²) < 4.78 is 11.5. The lowest BCUT2D eigenvalue weighted by atomic mass is 9.95. The van der Waals surface area contributed by atoms with Crippen molar-refractivity contribution in [3.63, 3.8) is 0 Å². The summed E-state index contributed by atoms with van der Waals surface area (Å²) in [7, 11) is 0. The van der Waals surface area contributed by atoms with Gasteiger partial charge in [-0.2, -0.15) is 0 Å². The van der Waals surface area contributed by atoms with Gasteiger partial charge in [-0.25, -0.2) is 0 Å². The van der Waals surface area contributed by atoms with Crippen molar-refractivity contribution in [1.82, 2.24) is 0 Å². The lowest BCUT2D eigenvalue weighted by molar-refractivity contribution is -0.139. The standard InChI is InChI=1S/C25H32O7/c1-4-6-21-22(12-11-20(17(3)26)25(21)30)32-14-5-13-31-19-9-7-18(8-10-19)24(29)16(2)15-23(27)28/h7-12,16,24,29-30H,4-6,13-15H2,1-3H3,(H,27,28). The molecule has 0 spiro atoms. The zero-order chi connectivity index (χ0) is 23.7. The van der Waals surface area contributed by atoms with Crippen LogP contribution in [-0.4, -0.2) is 40.3 Å². The Morgan fingerprint density at radius 2 is 1.69 bits per heavy atom. The number of benzene rings is 2. The topological polar surface area (TPSA) is 113 Å². The van der Waals surface area contributed by atoms with Crippen LogP contribution in [0.1, 0.15) is 67.6 Å². The Balaban J connectivity index is 1.85. The number of hydrogen-bond donors (Lipinski definition) is 3. The van der Waals surface area contributed by atoms with E-state index in [1.807, 2.05) is 6.92 Å². The number of rotatable bonds is 13. The minimum atomic E-state index is -0.939. The number of aromatic hydroxyl groups is 1. The second-order valence-corrected chi connectivity index (χ2v) is 7.88. The molecular formula is C25H32O7. The number of aliphatic hydroxyl groups excluding tert-OH is 1. The van der Waals surface area contributed by atoms with Crippen LogP contribution < -0.4 is 9.47 Å². The zero-order valence-electron chi connectivity index (χ0n) is 18.8. The molecule has 7 heteroatoms. The van der Waals surface area contributed by atoms with Crippen molar-refractivity contribution in [3.8, 4) is 17.2 Å². The van der Waals surface area contributed by atoms with Gasteiger partial charge in [0.05, 0.1) is 31.3 Å². The van der Waals surface area contributed by atoms with Crippen molar-refractivity contribution in [1.29, 1.82) is 0 Å². The van der Waals surface area contributed by atoms with Gasteiger partial charge >= 0.3 is 5.97 Å². The Bertz CT molecular complexity index is 905. The SMILES string of the molecule is CCCc1c(OCCCOc2ccc(C(O)C(C)CC(=O)O)cc2)ccc(C(C)=O)c1O. The van der Waals surface area contributed by atoms with Gasteiger partial charge in [0, 0.05) is 12.0 Å². The first-order valence-corrected chi connectivity index (χ1v) is 10.9. The van der Waals surface area contributed by atoms with Gasteiger partial charge in [0.25, 0.3) is 0 Å². The zero-order valence-corrected chi connectivity index (χ0v) is 18.8. The van der Waals surface area contributed by atoms with E-state index in [2.05, 4.69) is 0 Å². The third-order valence-electron chi connectivity index (χ3n) is 5.19. The largest absolute Gasteiger partial charge is 0.507 e. The molecule has 0 fully saturated rings. The Labute approximate surface area is 188 Å². The van der Waals surface area contributed by atoms with Crippen LogP contribution in [0.2, 0.25) is 0 Å². The molecule has 2 aromatic rings. The summed E-state index contributed by atoms with van der Waals surface area (Å²) in [4.78, 5) is 22.5. The number of carboxylic acids is 1. The van der Waals surface area contributed by atoms with Gasteiger partial charge < -0.3 is 24.8 Å². The molecule has 0 aliphatic heterocycles. The van der Waals surface area contributed by atoms with Crippen LogP contribution in [0.25, 0.3) is 0 Å². The number of carbonyl (C=O) groups excluding carboxylic acids is 1. The van der Waals surface area contributed by atoms with Crippen molar-refractivity contribution in [2.24, 2.45) is 5.92 Å². The van der Waals surface area contributed by atoms with E-state index in [1.54, 1.807) is 43.3 Å². The number of phenolic OH excluding ortho intramolecular Hbond substituents is 1. The Morgan fingerprint density at radius 1 is 1.03 bits per heavy atom. The molecule has 0 heterocycles. The highest BCUT2D eigenvalue weighted by atomic mass is 16.5. The highest BCUT2D eigenvalue weighted by Crippen LogP contribution is 2.33. The molecule has 0 radical (unpaired) electrons. The fraction of sp³-hybridized carbons (Fsp3) is 0.440. The molecule has 0 bridgehead atoms. The number of Topliss-reactive ketones (excluding diaryl/α,β-unsaturated/α-hetero) is 1. The predicted molar refractivity (Wildman–Crippen MR) is 121 cm³/mol. The van der Waals surface area contributed by atoms with Crippen LogP contribution in [-0.2, 0) is 11.2 Å². The Hall–Kier alpha value is -3.06. The summed E-state index contributed by atoms with van der Waals surface area (Å²) in [5, 5.41) is 29.5. The van der Waals surface area contributed by atoms with Gasteiger partial charge in [0.1, 0.15) is 17.2 Å². The molecule has 2 aromatic carbocycles. The fourth-order valence-corrected chi connectivity index (χ4v) is 3.44. The fourth-order valence-electron chi connectivity index (χ4n) is 3.44. The molecule has 3 N–H and O–H groups in total. The number of ether oxygens (including phenoxy) is 2. The van der Waals surface area contributed by atoms with E-state index in [0.717, 1.165) is 6.42 Å². The molecule has 2 rings (SSSR count). The number of phenols is 1. The van der Waals surface area contributed by atoms with Crippen molar-refractivity contribution < 1.29 is 34.4 Å². The number of carbonyl (C=O) groups is 2. The Morgan fingerprint density at radius 3 is 2.28 bits per heavy atom. The van der Waals surface area contributed by atoms with Gasteiger partial charge in [0.2, 0.25) is 0 Å². The molecule has 174 valence electrons. The van der Waals surface area contributed by atoms with Gasteiger partial charge in [-0.15, -0.1) is 0 Å². The lowest BCUT2D eigenvalue weighted by Gasteiger charge is -2.18. The predicted octanol–water partition coefficient (Wildman–Crippen LogP) is 4.54. The minimum absolute atomic E-state index is 0.00643. The maximum Gasteiger partial charge on any atom is 0.303 e. The second-order valence-electron chi connectivity index (χ2n) is 7.88. The molecule has 32 heavy (non-hydrogen) atoms. The van der Waals surface area contributed by atoms with Crippen LogP contribution >= 0.6 is 0 Å². The van der Waals surface area contributed by atoms with Gasteiger partial charge in [0.15, 0.2) is 5.78 Å². The van der Waals surface area contributed by atoms with Crippen molar-refractivity contribution in [2.45, 2.75) is 52.6 Å². The molecule has 0 aliphatic carbocycles. The maximum atomic E-state index is 11.6. The maximum absolute atomic E-state index is 11.6. The highest BCUT2D eigenvalue weighted by molar-refractivity contribution is 5.97. The molecule has 0 saturated heterocycles. The number of carboxylic acid groups (broad SMARTS) is 1. The van der Waals surface area contributed by atoms with Crippen LogP contribution in [0.15, 0.2) is 36.4 Å². The van der Waals surface area contributed by atoms with E-state index >= 15 is 0 Å². The third-order valence-corrected chi connectivity index (χ3v) is 5.19. The van der Waals surface area contributed by atoms with Crippen molar-refractivity contribution in [3.05, 3.63) is 53.1 Å². The average molecular weight is 445 g/mol. The molecule has 7 nitrogen and oxygen atoms in total. The molecule has 2 unspecified atom stereocenters. The van der Waals surface area contributed by atoms with Crippen molar-refractivity contribution >= 4 is 11.8 Å². The van der Waals surface area contributed by atoms with Crippen LogP contribution in [0.3, 0.4) is 0 Å². The van der Waals surface area contributed by atoms with E-state index in [9.17, 15) is 19.8 Å². The molecular weight excluding hydrogens is 412 g/mol. The number of hydrogen-bond acceptors (Lipinski definition) is 6. The number of aliphatic carboxylic acids is 1. The number of ketones is 1. The van der Waals surface area contributed by atoms with Crippen molar-refractivity contribution in [2.75, 3.05) is 13.2 Å². The summed E-state index contributed by atoms with van der Waals surface area (Å²) in [5.41, 5.74) is 1.59. The Kier molecular flexibility index (Phi) is 9.53. The highest BCUT2D eigenvalue weighted by Gasteiger charge is 2.19. The molecule has 0 amide bonds. The smallest absolute Gasteiger partial charge is 0.303 e. The summed E-state index contributed by atoms with van der Waals surface area (Å²) in [6.07, 6.45) is 1.09. The van der Waals surface area contributed by atoms with E-state index in [1.165, 1.54) is 6.92 Å². The molecule has 0 aromatic heterocycles. The van der Waals surface area contributed by atoms with Gasteiger partial charge in [-0.3, -0.25) is 9.59 Å². The van der Waals surface area contributed by atoms with E-state index < -0.39 is 18.0 Å². The lowest BCUT2D eigenvalue weighted by Crippen LogP contribution is -2.13. The summed E-state index contributed by atoms with van der Waals surface area (Å²) >= 11 is 0. The summed E-state index contributed by atoms with van der Waals surface area (Å²) in [6, 6.07) is 10.2. The first kappa shape index (κ1) is 25.2. The quantitative estimate of drug-likeness (QED) is 0.307. The molecule has 0 aliphatic rings. The first-order chi connectivity index (χ1) is 15.2. The average Bonchev–Trinajstić information content (AvgIpc) is 2.75. The summed E-state index contributed by atoms with van der Waals surface area (Å²) in [5.74, 6) is -0.309. The number of aliphatic hydroxyl groups is 1. The van der Waals surface area contributed by atoms with Crippen LogP contribution in [0, 0.1) is 5.92 Å². The van der Waals surface area contributed by atoms with Gasteiger partial charge in [-0.05, 0) is 49.1 Å². The minimum Gasteiger partial charge on any atom is -0.507 e. The van der Waals surface area contributed by atoms with E-state index in [0.29, 0.717) is 54.2 Å². The van der Waals surface area contributed by atoms with Crippen LogP contribution in [0.4, 0.5) is 0 Å². The van der Waals surface area contributed by atoms with Crippen LogP contribution in [0.5, 0.6) is 17.2 Å². The van der Waals surface area contributed by atoms with Gasteiger partial charge in [-0.1, -0.05) is 32.4 Å². The molecule has 2 atom stereocenters. The monoisotopic (exact) mass is 444 g/mol.